The molecule has 0 spiro atoms. The van der Waals surface area contributed by atoms with E-state index < -0.39 is 5.41 Å². The number of rotatable bonds is 25. The summed E-state index contributed by atoms with van der Waals surface area (Å²) in [5.74, 6) is 4.58. The molecule has 0 atom stereocenters. The number of aryl methyl sites for hydroxylation is 3. The molecule has 117 heavy (non-hydrogen) atoms. The number of fused-ring (bicyclic) bond motifs is 3. The van der Waals surface area contributed by atoms with E-state index in [2.05, 4.69) is 158 Å². The maximum absolute atomic E-state index is 13.5. The summed E-state index contributed by atoms with van der Waals surface area (Å²) in [6.45, 7) is 14.9. The van der Waals surface area contributed by atoms with Gasteiger partial charge in [-0.25, -0.2) is 5.26 Å². The zero-order valence-electron chi connectivity index (χ0n) is 66.0. The fourth-order valence-corrected chi connectivity index (χ4v) is 15.7. The summed E-state index contributed by atoms with van der Waals surface area (Å²) < 4.78 is 28.7. The summed E-state index contributed by atoms with van der Waals surface area (Å²) in [5.41, 5.74) is 20.3. The van der Waals surface area contributed by atoms with E-state index in [9.17, 15) is 19.2 Å². The summed E-state index contributed by atoms with van der Waals surface area (Å²) >= 11 is 0.795. The van der Waals surface area contributed by atoms with Gasteiger partial charge in [-0.05, 0) is 233 Å². The highest BCUT2D eigenvalue weighted by Gasteiger charge is 2.46. The Balaban J connectivity index is 0.000000184. The van der Waals surface area contributed by atoms with Crippen LogP contribution in [0.3, 0.4) is 0 Å². The van der Waals surface area contributed by atoms with Crippen LogP contribution in [0.2, 0.25) is 0 Å². The minimum absolute atomic E-state index is 0.0196. The molecule has 16 rings (SSSR count). The molecule has 0 radical (unpaired) electrons. The second kappa shape index (κ2) is 34.2. The van der Waals surface area contributed by atoms with Gasteiger partial charge < -0.3 is 18.9 Å². The fourth-order valence-electron chi connectivity index (χ4n) is 15.2. The summed E-state index contributed by atoms with van der Waals surface area (Å²) in [4.78, 5) is 53.7. The van der Waals surface area contributed by atoms with Crippen molar-refractivity contribution < 1.29 is 52.8 Å². The van der Waals surface area contributed by atoms with Crippen LogP contribution in [0.4, 0.5) is 0 Å². The van der Waals surface area contributed by atoms with Crippen molar-refractivity contribution in [3.05, 3.63) is 464 Å². The Kier molecular flexibility index (Phi) is 23.0. The van der Waals surface area contributed by atoms with Gasteiger partial charge in [0.2, 0.25) is 0 Å². The highest BCUT2D eigenvalue weighted by atomic mass is 32.2. The number of benzene rings is 15. The first-order chi connectivity index (χ1) is 56.7. The third-order valence-electron chi connectivity index (χ3n) is 22.1. The molecule has 12 heteroatoms. The summed E-state index contributed by atoms with van der Waals surface area (Å²) in [6.07, 6.45) is 0. The molecule has 1 aliphatic carbocycles. The third kappa shape index (κ3) is 16.9. The van der Waals surface area contributed by atoms with Gasteiger partial charge in [-0.1, -0.05) is 262 Å². The largest absolute Gasteiger partial charge is 0.497 e. The lowest BCUT2D eigenvalue weighted by Gasteiger charge is -2.34. The van der Waals surface area contributed by atoms with E-state index in [1.807, 2.05) is 209 Å². The molecule has 576 valence electrons. The zero-order chi connectivity index (χ0) is 81.4. The minimum Gasteiger partial charge on any atom is -0.497 e. The molecule has 15 aromatic rings. The Hall–Kier alpha value is -13.6. The molecule has 0 unspecified atom stereocenters. The van der Waals surface area contributed by atoms with Gasteiger partial charge in [0.25, 0.3) is 0 Å². The van der Waals surface area contributed by atoms with Crippen LogP contribution in [0, 0.1) is 20.8 Å². The Morgan fingerprint density at radius 2 is 0.667 bits per heavy atom. The maximum atomic E-state index is 13.5. The molecule has 0 bridgehead atoms. The van der Waals surface area contributed by atoms with Gasteiger partial charge in [0.15, 0.2) is 23.1 Å². The molecular formula is C105H84O11S. The van der Waals surface area contributed by atoms with Crippen molar-refractivity contribution in [3.63, 3.8) is 0 Å². The predicted molar refractivity (Wildman–Crippen MR) is 463 cm³/mol. The Morgan fingerprint density at radius 3 is 1.07 bits per heavy atom. The normalized spacial score (nSPS) is 11.9. The topological polar surface area (TPSA) is 144 Å². The van der Waals surface area contributed by atoms with Gasteiger partial charge in [-0.15, -0.1) is 4.33 Å². The average Bonchev–Trinajstić information content (AvgIpc) is 1.54. The van der Waals surface area contributed by atoms with Crippen molar-refractivity contribution in [2.45, 2.75) is 69.6 Å². The SMILES string of the molecule is COc1ccc(C(C)(C)c2cccc(C(C)(C)c3ccc(Oc4ccc(C(=O)c5ccc(-c6ccc(C)c(C(=O)c7cccc(SOOO)c7)c6)cc5)cc4)cc3)c2)cc1.Cc1ccc(C(=O)c2ccc(Oc3ccc(C4(c5ccc(Oc6ccc(C(=O)c7ccc(C)cc7)cc6)cc5)c5ccccc5-c5ccccc54)cc3)cc2)cc1. The van der Waals surface area contributed by atoms with E-state index in [1.165, 1.54) is 44.5 Å². The quantitative estimate of drug-likeness (QED) is 0.0252. The number of ketones is 4. The molecule has 1 N–H and O–H groups in total. The smallest absolute Gasteiger partial charge is 0.193 e. The standard InChI is InChI=1S/C53H38O4.C52H46O7S/c1-35-11-15-37(16-12-35)51(54)39-19-27-43(28-20-39)56-45-31-23-41(24-32-45)53(49-9-5-3-7-47(49)48-8-4-6-10-50(48)53)42-25-33-46(34-26-42)57-44-29-21-40(22-30-44)52(55)38-17-13-36(2)14-18-38;1-34-13-14-38(32-48(34)50(54)39-9-7-12-47(31-39)60-59-58-55)35-15-17-36(18-16-35)49(53)37-19-25-45(26-20-37)57-46-29-23-41(24-30-46)52(4,5)43-11-8-10-42(33-43)51(2,3)40-21-27-44(56-6)28-22-40/h3-34H,1-2H3;7-33,55H,1-6H3. The van der Waals surface area contributed by atoms with Gasteiger partial charge >= 0.3 is 0 Å². The van der Waals surface area contributed by atoms with Crippen molar-refractivity contribution in [1.29, 1.82) is 0 Å². The minimum atomic E-state index is -0.597. The first-order valence-electron chi connectivity index (χ1n) is 38.6. The lowest BCUT2D eigenvalue weighted by molar-refractivity contribution is -0.432. The molecule has 0 amide bonds. The lowest BCUT2D eigenvalue weighted by Crippen LogP contribution is -2.28. The van der Waals surface area contributed by atoms with Crippen LogP contribution < -0.4 is 18.9 Å². The summed E-state index contributed by atoms with van der Waals surface area (Å²) in [6, 6.07) is 116. The molecule has 11 nitrogen and oxygen atoms in total. The maximum Gasteiger partial charge on any atom is 0.193 e. The first-order valence-corrected chi connectivity index (χ1v) is 39.4. The van der Waals surface area contributed by atoms with E-state index in [0.29, 0.717) is 83.9 Å². The number of carbonyl (C=O) groups excluding carboxylic acids is 4. The van der Waals surface area contributed by atoms with Crippen LogP contribution in [0.25, 0.3) is 22.3 Å². The Morgan fingerprint density at radius 1 is 0.316 bits per heavy atom. The summed E-state index contributed by atoms with van der Waals surface area (Å²) in [5, 5.41) is 12.2. The average molecular weight is 1550 g/mol. The van der Waals surface area contributed by atoms with E-state index >= 15 is 0 Å². The van der Waals surface area contributed by atoms with Gasteiger partial charge in [0.1, 0.15) is 40.2 Å². The van der Waals surface area contributed by atoms with Crippen molar-refractivity contribution in [2.24, 2.45) is 0 Å². The van der Waals surface area contributed by atoms with E-state index in [-0.39, 0.29) is 34.0 Å². The van der Waals surface area contributed by atoms with Gasteiger partial charge in [0.05, 0.1) is 24.6 Å². The summed E-state index contributed by atoms with van der Waals surface area (Å²) in [7, 11) is 1.68. The van der Waals surface area contributed by atoms with E-state index in [4.69, 9.17) is 24.2 Å². The highest BCUT2D eigenvalue weighted by Crippen LogP contribution is 2.56. The molecule has 1 aliphatic rings. The van der Waals surface area contributed by atoms with Crippen molar-refractivity contribution in [2.75, 3.05) is 7.11 Å². The second-order valence-electron chi connectivity index (χ2n) is 30.3. The van der Waals surface area contributed by atoms with Crippen LogP contribution in [-0.2, 0) is 25.6 Å². The number of ether oxygens (including phenoxy) is 4. The molecule has 0 heterocycles. The van der Waals surface area contributed by atoms with Crippen LogP contribution >= 0.6 is 12.0 Å². The number of methoxy groups -OCH3 is 1. The second-order valence-corrected chi connectivity index (χ2v) is 31.0. The van der Waals surface area contributed by atoms with Crippen molar-refractivity contribution in [3.8, 4) is 62.5 Å². The molecule has 0 saturated carbocycles. The van der Waals surface area contributed by atoms with Crippen LogP contribution in [0.1, 0.15) is 153 Å². The van der Waals surface area contributed by atoms with E-state index in [1.54, 1.807) is 55.6 Å². The third-order valence-corrected chi connectivity index (χ3v) is 22.7. The van der Waals surface area contributed by atoms with Crippen LogP contribution in [0.15, 0.2) is 363 Å². The molecule has 0 aliphatic heterocycles. The van der Waals surface area contributed by atoms with Crippen LogP contribution in [-0.4, -0.2) is 35.5 Å². The Labute approximate surface area is 686 Å². The van der Waals surface area contributed by atoms with Crippen molar-refractivity contribution >= 4 is 35.2 Å². The highest BCUT2D eigenvalue weighted by molar-refractivity contribution is 7.94. The first kappa shape index (κ1) is 78.7. The molecule has 0 fully saturated rings. The molecule has 15 aromatic carbocycles. The van der Waals surface area contributed by atoms with Gasteiger partial charge in [-0.2, -0.15) is 0 Å². The van der Waals surface area contributed by atoms with Gasteiger partial charge in [-0.3, -0.25) is 19.2 Å². The fraction of sp³-hybridized carbons (Fsp3) is 0.105. The molecule has 0 aromatic heterocycles. The zero-order valence-corrected chi connectivity index (χ0v) is 66.8. The van der Waals surface area contributed by atoms with Crippen LogP contribution in [0.5, 0.6) is 40.2 Å². The predicted octanol–water partition coefficient (Wildman–Crippen LogP) is 25.7. The molecule has 0 saturated heterocycles. The van der Waals surface area contributed by atoms with Crippen molar-refractivity contribution in [1.82, 2.24) is 0 Å². The number of carbonyl (C=O) groups is 4. The monoisotopic (exact) mass is 1550 g/mol. The molecular weight excluding hydrogens is 1470 g/mol. The van der Waals surface area contributed by atoms with E-state index in [0.717, 1.165) is 56.7 Å². The van der Waals surface area contributed by atoms with Gasteiger partial charge in [0, 0.05) is 60.2 Å². The lowest BCUT2D eigenvalue weighted by atomic mass is 9.68. The number of hydrogen-bond acceptors (Lipinski definition) is 12. The number of hydrogen-bond donors (Lipinski definition) is 1. The Bertz CT molecular complexity index is 5900.